The van der Waals surface area contributed by atoms with Gasteiger partial charge in [-0.1, -0.05) is 42.1 Å². The lowest BCUT2D eigenvalue weighted by atomic mass is 9.92. The summed E-state index contributed by atoms with van der Waals surface area (Å²) in [6.45, 7) is 6.11. The fraction of sp³-hybridized carbons (Fsp3) is 0.344. The predicted molar refractivity (Wildman–Crippen MR) is 157 cm³/mol. The Morgan fingerprint density at radius 1 is 0.974 bits per heavy atom. The van der Waals surface area contributed by atoms with Gasteiger partial charge in [-0.05, 0) is 98.7 Å². The zero-order valence-electron chi connectivity index (χ0n) is 22.1. The Labute approximate surface area is 230 Å². The first-order valence-corrected chi connectivity index (χ1v) is 14.4. The summed E-state index contributed by atoms with van der Waals surface area (Å²) in [5.41, 5.74) is 11.0. The summed E-state index contributed by atoms with van der Waals surface area (Å²) in [6, 6.07) is 25.8. The molecule has 1 aromatic heterocycles. The average molecular weight is 528 g/mol. The lowest BCUT2D eigenvalue weighted by molar-refractivity contribution is 0.0666. The van der Waals surface area contributed by atoms with E-state index in [-0.39, 0.29) is 0 Å². The Bertz CT molecular complexity index is 1350. The number of hydrogen-bond donors (Lipinski definition) is 2. The van der Waals surface area contributed by atoms with E-state index in [2.05, 4.69) is 66.0 Å². The molecule has 0 saturated carbocycles. The van der Waals surface area contributed by atoms with E-state index < -0.39 is 0 Å². The van der Waals surface area contributed by atoms with Crippen molar-refractivity contribution in [3.8, 4) is 5.75 Å². The maximum atomic E-state index is 6.33. The number of nitrogens with zero attached hydrogens (tertiary/aromatic N) is 1. The van der Waals surface area contributed by atoms with Crippen molar-refractivity contribution in [2.75, 3.05) is 32.1 Å². The van der Waals surface area contributed by atoms with Crippen molar-refractivity contribution >= 4 is 28.5 Å². The highest BCUT2D eigenvalue weighted by Gasteiger charge is 2.16. The summed E-state index contributed by atoms with van der Waals surface area (Å²) in [6.07, 6.45) is 4.14. The van der Waals surface area contributed by atoms with Crippen molar-refractivity contribution < 1.29 is 9.47 Å². The fourth-order valence-corrected chi connectivity index (χ4v) is 5.96. The van der Waals surface area contributed by atoms with Crippen LogP contribution in [0.3, 0.4) is 0 Å². The molecule has 5 rings (SSSR count). The van der Waals surface area contributed by atoms with E-state index >= 15 is 0 Å². The van der Waals surface area contributed by atoms with Gasteiger partial charge < -0.3 is 20.5 Å². The van der Waals surface area contributed by atoms with Crippen LogP contribution < -0.4 is 15.8 Å². The van der Waals surface area contributed by atoms with Crippen molar-refractivity contribution in [2.45, 2.75) is 48.9 Å². The summed E-state index contributed by atoms with van der Waals surface area (Å²) in [5.74, 6) is 2.25. The molecule has 1 aliphatic heterocycles. The second kappa shape index (κ2) is 13.1. The van der Waals surface area contributed by atoms with E-state index in [1.54, 1.807) is 11.8 Å². The van der Waals surface area contributed by atoms with Gasteiger partial charge in [0.05, 0.1) is 12.1 Å². The van der Waals surface area contributed by atoms with Crippen LogP contribution in [0.2, 0.25) is 0 Å². The van der Waals surface area contributed by atoms with Gasteiger partial charge in [0.2, 0.25) is 0 Å². The fourth-order valence-electron chi connectivity index (χ4n) is 5.00. The molecule has 0 bridgehead atoms. The maximum absolute atomic E-state index is 6.33. The van der Waals surface area contributed by atoms with Gasteiger partial charge in [0.25, 0.3) is 0 Å². The summed E-state index contributed by atoms with van der Waals surface area (Å²) in [4.78, 5) is 7.16. The molecule has 3 aromatic carbocycles. The lowest BCUT2D eigenvalue weighted by Gasteiger charge is -2.22. The molecule has 4 aromatic rings. The number of rotatable bonds is 11. The van der Waals surface area contributed by atoms with Crippen molar-refractivity contribution in [3.63, 3.8) is 0 Å². The molecule has 6 heteroatoms. The van der Waals surface area contributed by atoms with Crippen molar-refractivity contribution in [1.29, 1.82) is 0 Å². The molecule has 0 spiro atoms. The number of aromatic nitrogens is 1. The minimum absolute atomic E-state index is 0.625. The van der Waals surface area contributed by atoms with Crippen LogP contribution in [0.5, 0.6) is 5.75 Å². The Hall–Kier alpha value is -3.06. The quantitative estimate of drug-likeness (QED) is 0.212. The van der Waals surface area contributed by atoms with Crippen LogP contribution in [0, 0.1) is 5.92 Å². The summed E-state index contributed by atoms with van der Waals surface area (Å²) >= 11 is 1.79. The van der Waals surface area contributed by atoms with Gasteiger partial charge in [-0.15, -0.1) is 0 Å². The van der Waals surface area contributed by atoms with E-state index in [1.165, 1.54) is 20.9 Å². The molecule has 0 amide bonds. The largest absolute Gasteiger partial charge is 0.494 e. The SMILES string of the molecule is CCOc1ccccc1CNCCc1cccc(Sc2ccc3nc(N)c(CC4CCOCC4)cc3c2)c1. The molecule has 1 aliphatic rings. The molecule has 5 nitrogen and oxygen atoms in total. The molecular weight excluding hydrogens is 490 g/mol. The van der Waals surface area contributed by atoms with Crippen LogP contribution in [-0.2, 0) is 24.1 Å². The monoisotopic (exact) mass is 527 g/mol. The highest BCUT2D eigenvalue weighted by atomic mass is 32.2. The summed E-state index contributed by atoms with van der Waals surface area (Å²) in [5, 5.41) is 4.72. The third-order valence-electron chi connectivity index (χ3n) is 7.06. The van der Waals surface area contributed by atoms with Crippen molar-refractivity contribution in [2.24, 2.45) is 5.92 Å². The van der Waals surface area contributed by atoms with E-state index in [4.69, 9.17) is 20.2 Å². The molecule has 0 aliphatic carbocycles. The van der Waals surface area contributed by atoms with E-state index in [9.17, 15) is 0 Å². The van der Waals surface area contributed by atoms with Gasteiger partial charge in [-0.3, -0.25) is 0 Å². The standard InChI is InChI=1S/C32H37N3O2S/c1-2-37-31-9-4-3-7-25(31)22-34-15-12-23-6-5-8-28(19-23)38-29-10-11-30-26(21-29)20-27(32(33)35-30)18-24-13-16-36-17-14-24/h3-11,19-21,24,34H,2,12-18,22H2,1H3,(H2,33,35). The molecule has 1 fully saturated rings. The molecule has 0 unspecified atom stereocenters. The van der Waals surface area contributed by atoms with Gasteiger partial charge in [0, 0.05) is 40.5 Å². The van der Waals surface area contributed by atoms with E-state index in [1.807, 2.05) is 19.1 Å². The molecule has 0 atom stereocenters. The highest BCUT2D eigenvalue weighted by Crippen LogP contribution is 2.32. The Balaban J connectivity index is 1.20. The number of benzene rings is 3. The number of pyridine rings is 1. The Morgan fingerprint density at radius 3 is 2.68 bits per heavy atom. The molecular formula is C32H37N3O2S. The first kappa shape index (κ1) is 26.5. The van der Waals surface area contributed by atoms with Gasteiger partial charge in [0.15, 0.2) is 0 Å². The normalized spacial score (nSPS) is 14.1. The van der Waals surface area contributed by atoms with Gasteiger partial charge in [0.1, 0.15) is 11.6 Å². The van der Waals surface area contributed by atoms with Crippen molar-refractivity contribution in [3.05, 3.63) is 89.5 Å². The van der Waals surface area contributed by atoms with Crippen LogP contribution in [0.1, 0.15) is 36.5 Å². The smallest absolute Gasteiger partial charge is 0.127 e. The second-order valence-electron chi connectivity index (χ2n) is 9.86. The number of anilines is 1. The Kier molecular flexibility index (Phi) is 9.18. The minimum Gasteiger partial charge on any atom is -0.494 e. The lowest BCUT2D eigenvalue weighted by Crippen LogP contribution is -2.18. The zero-order valence-corrected chi connectivity index (χ0v) is 22.9. The molecule has 3 N–H and O–H groups in total. The zero-order chi connectivity index (χ0) is 26.2. The number of nitrogens with one attached hydrogen (secondary N) is 1. The number of nitrogens with two attached hydrogens (primary N) is 1. The van der Waals surface area contributed by atoms with Crippen LogP contribution >= 0.6 is 11.8 Å². The number of fused-ring (bicyclic) bond motifs is 1. The number of para-hydroxylation sites is 1. The first-order valence-electron chi connectivity index (χ1n) is 13.6. The van der Waals surface area contributed by atoms with Crippen molar-refractivity contribution in [1.82, 2.24) is 10.3 Å². The highest BCUT2D eigenvalue weighted by molar-refractivity contribution is 7.99. The van der Waals surface area contributed by atoms with E-state index in [0.29, 0.717) is 18.3 Å². The summed E-state index contributed by atoms with van der Waals surface area (Å²) in [7, 11) is 0. The second-order valence-corrected chi connectivity index (χ2v) is 11.0. The van der Waals surface area contributed by atoms with Crippen LogP contribution in [0.4, 0.5) is 5.82 Å². The number of hydrogen-bond acceptors (Lipinski definition) is 6. The third-order valence-corrected chi connectivity index (χ3v) is 8.04. The van der Waals surface area contributed by atoms with Gasteiger partial charge in [-0.25, -0.2) is 4.98 Å². The topological polar surface area (TPSA) is 69.4 Å². The predicted octanol–water partition coefficient (Wildman–Crippen LogP) is 6.67. The van der Waals surface area contributed by atoms with E-state index in [0.717, 1.165) is 74.2 Å². The average Bonchev–Trinajstić information content (AvgIpc) is 2.93. The van der Waals surface area contributed by atoms with Gasteiger partial charge >= 0.3 is 0 Å². The number of ether oxygens (including phenoxy) is 2. The number of nitrogen functional groups attached to an aromatic ring is 1. The van der Waals surface area contributed by atoms with Crippen LogP contribution in [0.25, 0.3) is 10.9 Å². The summed E-state index contributed by atoms with van der Waals surface area (Å²) < 4.78 is 11.3. The minimum atomic E-state index is 0.625. The third kappa shape index (κ3) is 7.07. The first-order chi connectivity index (χ1) is 18.7. The molecule has 2 heterocycles. The Morgan fingerprint density at radius 2 is 1.82 bits per heavy atom. The van der Waals surface area contributed by atoms with Gasteiger partial charge in [-0.2, -0.15) is 0 Å². The molecule has 0 radical (unpaired) electrons. The molecule has 198 valence electrons. The maximum Gasteiger partial charge on any atom is 0.127 e. The molecule has 1 saturated heterocycles. The van der Waals surface area contributed by atoms with Crippen LogP contribution in [-0.4, -0.2) is 31.3 Å². The molecule has 38 heavy (non-hydrogen) atoms. The van der Waals surface area contributed by atoms with Crippen LogP contribution in [0.15, 0.2) is 82.6 Å².